The van der Waals surface area contributed by atoms with Crippen LogP contribution in [0.15, 0.2) is 89.7 Å². The molecule has 1 fully saturated rings. The summed E-state index contributed by atoms with van der Waals surface area (Å²) in [5.74, 6) is -7.81. The van der Waals surface area contributed by atoms with E-state index in [0.717, 1.165) is 55.7 Å². The molecule has 2 aromatic heterocycles. The highest BCUT2D eigenvalue weighted by Crippen LogP contribution is 2.51. The molecule has 103 heavy (non-hydrogen) atoms. The van der Waals surface area contributed by atoms with Crippen LogP contribution >= 0.6 is 0 Å². The van der Waals surface area contributed by atoms with Crippen molar-refractivity contribution in [3.63, 3.8) is 0 Å². The monoisotopic (exact) mass is 1420 g/mol. The minimum atomic E-state index is -2.07. The Labute approximate surface area is 585 Å². The molecule has 0 saturated carbocycles. The van der Waals surface area contributed by atoms with Crippen molar-refractivity contribution in [1.82, 2.24) is 41.5 Å². The van der Waals surface area contributed by atoms with Crippen molar-refractivity contribution in [1.29, 1.82) is 0 Å². The van der Waals surface area contributed by atoms with Gasteiger partial charge < -0.3 is 93.7 Å². The van der Waals surface area contributed by atoms with Crippen molar-refractivity contribution in [2.45, 2.75) is 134 Å². The van der Waals surface area contributed by atoms with Gasteiger partial charge >= 0.3 is 35.9 Å². The van der Waals surface area contributed by atoms with Crippen LogP contribution in [0.5, 0.6) is 17.2 Å². The van der Waals surface area contributed by atoms with Crippen LogP contribution in [0, 0.1) is 0 Å². The zero-order valence-electron chi connectivity index (χ0n) is 56.5. The van der Waals surface area contributed by atoms with Crippen LogP contribution in [0.1, 0.15) is 104 Å². The highest BCUT2D eigenvalue weighted by Gasteiger charge is 2.56. The first-order chi connectivity index (χ1) is 49.4. The summed E-state index contributed by atoms with van der Waals surface area (Å²) in [6.07, 6.45) is -10.0. The third kappa shape index (κ3) is 14.7. The molecule has 6 aromatic rings. The van der Waals surface area contributed by atoms with E-state index in [9.17, 15) is 62.6 Å². The number of aliphatic hydroxyl groups is 1. The number of aromatic nitrogens is 2. The number of pyridine rings is 2. The fourth-order valence-corrected chi connectivity index (χ4v) is 13.6. The van der Waals surface area contributed by atoms with E-state index in [0.29, 0.717) is 63.3 Å². The summed E-state index contributed by atoms with van der Waals surface area (Å²) in [7, 11) is 1.03. The van der Waals surface area contributed by atoms with Crippen molar-refractivity contribution in [3.8, 4) is 39.8 Å². The molecule has 0 spiro atoms. The number of carbonyl (C=O) groups excluding carboxylic acids is 11. The number of methoxy groups -OCH3 is 1. The maximum atomic E-state index is 14.2. The minimum absolute atomic E-state index is 0.00672. The van der Waals surface area contributed by atoms with Gasteiger partial charge in [0.25, 0.3) is 5.56 Å². The van der Waals surface area contributed by atoms with E-state index in [1.165, 1.54) is 35.8 Å². The first kappa shape index (κ1) is 71.3. The molecule has 7 N–H and O–H groups in total. The van der Waals surface area contributed by atoms with Gasteiger partial charge in [0.05, 0.1) is 55.3 Å². The smallest absolute Gasteiger partial charge is 0.407 e. The minimum Gasteiger partial charge on any atom is -0.467 e. The maximum Gasteiger partial charge on any atom is 0.407 e. The Morgan fingerprint density at radius 2 is 1.40 bits per heavy atom. The lowest BCUT2D eigenvalue weighted by Gasteiger charge is -2.43. The van der Waals surface area contributed by atoms with E-state index in [-0.39, 0.29) is 62.2 Å². The molecular weight excluding hydrogens is 1350 g/mol. The molecule has 6 aliphatic rings. The van der Waals surface area contributed by atoms with Crippen molar-refractivity contribution >= 4 is 76.4 Å². The second-order valence-electron chi connectivity index (χ2n) is 25.0. The molecule has 12 rings (SSSR count). The Morgan fingerprint density at radius 1 is 0.738 bits per heavy atom. The molecule has 540 valence electrons. The zero-order chi connectivity index (χ0) is 73.1. The van der Waals surface area contributed by atoms with E-state index in [1.807, 2.05) is 48.5 Å². The van der Waals surface area contributed by atoms with Crippen LogP contribution in [0.2, 0.25) is 0 Å². The van der Waals surface area contributed by atoms with Gasteiger partial charge in [0.15, 0.2) is 35.4 Å². The number of esters is 5. The fourth-order valence-electron chi connectivity index (χ4n) is 13.6. The lowest BCUT2D eigenvalue weighted by atomic mass is 9.82. The quantitative estimate of drug-likeness (QED) is 0.0258. The second-order valence-corrected chi connectivity index (χ2v) is 25.0. The fraction of sp³-hybridized carbons (Fsp3) is 0.394. The summed E-state index contributed by atoms with van der Waals surface area (Å²) in [6, 6.07) is 22.4. The topological polar surface area (TPSA) is 417 Å². The number of hydrogen-bond donors (Lipinski definition) is 7. The lowest BCUT2D eigenvalue weighted by Crippen LogP contribution is -2.64. The van der Waals surface area contributed by atoms with Crippen LogP contribution in [0.25, 0.3) is 33.4 Å². The van der Waals surface area contributed by atoms with Gasteiger partial charge in [-0.05, 0) is 77.8 Å². The molecule has 0 bridgehead atoms. The molecule has 0 unspecified atom stereocenters. The molecule has 1 saturated heterocycles. The number of carbonyl (C=O) groups is 11. The lowest BCUT2D eigenvalue weighted by molar-refractivity contribution is -0.282. The van der Waals surface area contributed by atoms with Gasteiger partial charge in [-0.1, -0.05) is 67.6 Å². The van der Waals surface area contributed by atoms with Gasteiger partial charge in [0.2, 0.25) is 48.7 Å². The standard InChI is InChI=1S/C71H72N8O24/c1-7-71(92)47-23-51-58-44(28-79(51)66(88)46(47)30-94-69(71)90)57-48(21-20-43-56(57)49(77-58)24-52-59(43)98-32-97-52)78-64(86)33(2)96-31-75-54(84)25-73-65(87)50(76-55(85)27-72-53(83)26-74-70(91)95-29-45-41-14-10-8-12-39(41)40-13-9-11-15-42(40)45)22-37-16-18-38(19-17-37)102-68-63(101-36(5)82)61(100-35(4)81)60(99-34(3)80)62(103-68)67(89)93-6/h8-19,23-24,33,45,48,50,60-63,68,92H,7,20-22,25-32H2,1-6H3,(H,72,83)(H,73,87)(H,74,91)(H,75,84)(H,76,85)(H,78,86)/t33-,48+,50+,60+,61+,62+,63-,68-,71+/m1/s1. The maximum absolute atomic E-state index is 14.2. The number of aryl methyl sites for hydroxylation is 1. The molecular formula is C71H72N8O24. The number of nitrogens with one attached hydrogen (secondary N) is 6. The summed E-state index contributed by atoms with van der Waals surface area (Å²) >= 11 is 0. The molecule has 32 nitrogen and oxygen atoms in total. The van der Waals surface area contributed by atoms with Gasteiger partial charge in [-0.15, -0.1) is 0 Å². The van der Waals surface area contributed by atoms with Crippen molar-refractivity contribution in [2.75, 3.05) is 46.9 Å². The first-order valence-corrected chi connectivity index (χ1v) is 33.0. The van der Waals surface area contributed by atoms with Crippen molar-refractivity contribution < 1.29 is 110 Å². The van der Waals surface area contributed by atoms with E-state index < -0.39 is 152 Å². The van der Waals surface area contributed by atoms with Gasteiger partial charge in [-0.3, -0.25) is 43.2 Å². The summed E-state index contributed by atoms with van der Waals surface area (Å²) in [5, 5.41) is 27.6. The molecule has 9 atom stereocenters. The van der Waals surface area contributed by atoms with E-state index in [1.54, 1.807) is 19.1 Å². The summed E-state index contributed by atoms with van der Waals surface area (Å²) < 4.78 is 62.8. The normalized spacial score (nSPS) is 20.5. The van der Waals surface area contributed by atoms with Crippen LogP contribution in [-0.4, -0.2) is 170 Å². The highest BCUT2D eigenvalue weighted by molar-refractivity contribution is 5.97. The van der Waals surface area contributed by atoms with Crippen LogP contribution < -0.4 is 51.7 Å². The molecule has 6 heterocycles. The van der Waals surface area contributed by atoms with Gasteiger partial charge in [0, 0.05) is 61.3 Å². The molecule has 0 radical (unpaired) electrons. The molecule has 32 heteroatoms. The van der Waals surface area contributed by atoms with Crippen molar-refractivity contribution in [2.24, 2.45) is 0 Å². The Morgan fingerprint density at radius 3 is 2.09 bits per heavy atom. The predicted octanol–water partition coefficient (Wildman–Crippen LogP) is 1.96. The third-order valence-corrected chi connectivity index (χ3v) is 18.5. The van der Waals surface area contributed by atoms with E-state index in [2.05, 4.69) is 31.9 Å². The number of cyclic esters (lactones) is 1. The summed E-state index contributed by atoms with van der Waals surface area (Å²) in [6.45, 7) is 3.35. The Hall–Kier alpha value is -11.5. The number of alkyl carbamates (subject to hydrolysis) is 1. The number of hydrogen-bond acceptors (Lipinski definition) is 25. The zero-order valence-corrected chi connectivity index (χ0v) is 56.5. The Kier molecular flexibility index (Phi) is 20.8. The number of amides is 6. The van der Waals surface area contributed by atoms with Gasteiger partial charge in [-0.25, -0.2) is 19.4 Å². The average Bonchev–Trinajstić information content (AvgIpc) is 1.57. The summed E-state index contributed by atoms with van der Waals surface area (Å²) in [5.41, 5.74) is 5.44. The summed E-state index contributed by atoms with van der Waals surface area (Å²) in [4.78, 5) is 163. The third-order valence-electron chi connectivity index (χ3n) is 18.5. The first-order valence-electron chi connectivity index (χ1n) is 33.0. The molecule has 4 aliphatic heterocycles. The molecule has 6 amide bonds. The number of fused-ring (bicyclic) bond motifs is 10. The van der Waals surface area contributed by atoms with Gasteiger partial charge in [-0.2, -0.15) is 0 Å². The van der Waals surface area contributed by atoms with Crippen molar-refractivity contribution in [3.05, 3.63) is 140 Å². The number of nitrogens with zero attached hydrogens (tertiary/aromatic N) is 2. The number of benzene rings is 4. The largest absolute Gasteiger partial charge is 0.467 e. The van der Waals surface area contributed by atoms with Gasteiger partial charge in [0.1, 0.15) is 44.4 Å². The average molecular weight is 1420 g/mol. The predicted molar refractivity (Wildman–Crippen MR) is 353 cm³/mol. The Bertz CT molecular complexity index is 4480. The number of ether oxygens (including phenoxy) is 11. The van der Waals surface area contributed by atoms with Crippen LogP contribution in [-0.2, 0) is 117 Å². The second kappa shape index (κ2) is 30.0. The van der Waals surface area contributed by atoms with Crippen LogP contribution in [0.3, 0.4) is 0 Å². The van der Waals surface area contributed by atoms with Crippen LogP contribution in [0.4, 0.5) is 4.79 Å². The SMILES string of the molecule is CC[C@@]1(O)C(=O)OCc2c1cc1n(c2=O)Cc2c-1nc1cc3c(c4c1c2[C@@H](NC(=O)[C@@H](C)OCNC(=O)CNC(=O)[C@H](Cc1ccc(O[C@@H]2O[C@H](C(=O)OC)[C@@H](OC(C)=O)[C@H](OC(C)=O)[C@H]2OC(C)=O)cc1)NC(=O)CNC(=O)CNC(=O)OCC1c2ccccc2-c2ccccc21)CC4)OCO3. The highest BCUT2D eigenvalue weighted by atomic mass is 16.7. The van der Waals surface area contributed by atoms with E-state index >= 15 is 0 Å². The molecule has 4 aromatic carbocycles. The van der Waals surface area contributed by atoms with E-state index in [4.69, 9.17) is 57.1 Å². The Balaban J connectivity index is 0.691. The number of rotatable bonds is 24. The molecule has 2 aliphatic carbocycles.